The Morgan fingerprint density at radius 1 is 1.43 bits per heavy atom. The van der Waals surface area contributed by atoms with Gasteiger partial charge in [0.2, 0.25) is 0 Å². The summed E-state index contributed by atoms with van der Waals surface area (Å²) < 4.78 is 15.9. The lowest BCUT2D eigenvalue weighted by molar-refractivity contribution is 0.276. The van der Waals surface area contributed by atoms with E-state index in [2.05, 4.69) is 30.7 Å². The normalized spacial score (nSPS) is 23.1. The van der Waals surface area contributed by atoms with E-state index in [9.17, 15) is 4.39 Å². The molecule has 1 aromatic carbocycles. The maximum Gasteiger partial charge on any atom is 0.125 e. The molecule has 1 saturated heterocycles. The number of halogens is 1. The van der Waals surface area contributed by atoms with Gasteiger partial charge in [-0.15, -0.1) is 0 Å². The van der Waals surface area contributed by atoms with Crippen molar-refractivity contribution in [2.45, 2.75) is 51.5 Å². The highest BCUT2D eigenvalue weighted by molar-refractivity contribution is 5.76. The number of rotatable bonds is 3. The van der Waals surface area contributed by atoms with E-state index in [1.165, 1.54) is 12.5 Å². The van der Waals surface area contributed by atoms with Crippen molar-refractivity contribution >= 4 is 11.0 Å². The molecule has 1 unspecified atom stereocenters. The van der Waals surface area contributed by atoms with E-state index in [0.29, 0.717) is 0 Å². The zero-order valence-corrected chi connectivity index (χ0v) is 13.1. The molecule has 3 nitrogen and oxygen atoms in total. The number of fused-ring (bicyclic) bond motifs is 1. The van der Waals surface area contributed by atoms with Gasteiger partial charge in [-0.05, 0) is 57.9 Å². The molecule has 1 fully saturated rings. The van der Waals surface area contributed by atoms with Crippen molar-refractivity contribution < 1.29 is 4.39 Å². The van der Waals surface area contributed by atoms with Crippen LogP contribution in [0.25, 0.3) is 11.0 Å². The smallest absolute Gasteiger partial charge is 0.125 e. The fourth-order valence-electron chi connectivity index (χ4n) is 3.58. The SMILES string of the molecule is CCC1(c2nc3ccc(F)cc3n2C(C)C)CCCNC1. The number of hydrogen-bond donors (Lipinski definition) is 1. The Bertz CT molecular complexity index is 639. The first kappa shape index (κ1) is 14.5. The van der Waals surface area contributed by atoms with Gasteiger partial charge in [-0.1, -0.05) is 6.92 Å². The van der Waals surface area contributed by atoms with E-state index in [-0.39, 0.29) is 17.3 Å². The van der Waals surface area contributed by atoms with Crippen LogP contribution >= 0.6 is 0 Å². The van der Waals surface area contributed by atoms with Gasteiger partial charge in [0.05, 0.1) is 11.0 Å². The number of imidazole rings is 1. The number of benzene rings is 1. The molecule has 0 aliphatic carbocycles. The summed E-state index contributed by atoms with van der Waals surface area (Å²) in [7, 11) is 0. The van der Waals surface area contributed by atoms with Crippen molar-refractivity contribution in [3.05, 3.63) is 29.8 Å². The van der Waals surface area contributed by atoms with Crippen LogP contribution in [-0.2, 0) is 5.41 Å². The Kier molecular flexibility index (Phi) is 3.74. The fraction of sp³-hybridized carbons (Fsp3) is 0.588. The van der Waals surface area contributed by atoms with Crippen LogP contribution in [0, 0.1) is 5.82 Å². The molecule has 1 aromatic heterocycles. The van der Waals surface area contributed by atoms with Gasteiger partial charge in [0, 0.05) is 18.0 Å². The number of hydrogen-bond acceptors (Lipinski definition) is 2. The van der Waals surface area contributed by atoms with Crippen LogP contribution in [-0.4, -0.2) is 22.6 Å². The third-order valence-electron chi connectivity index (χ3n) is 4.79. The molecule has 0 bridgehead atoms. The van der Waals surface area contributed by atoms with Crippen molar-refractivity contribution in [3.63, 3.8) is 0 Å². The van der Waals surface area contributed by atoms with Gasteiger partial charge >= 0.3 is 0 Å². The van der Waals surface area contributed by atoms with Crippen LogP contribution in [0.1, 0.15) is 51.9 Å². The number of piperidine rings is 1. The first-order valence-corrected chi connectivity index (χ1v) is 7.96. The molecule has 1 atom stereocenters. The first-order valence-electron chi connectivity index (χ1n) is 7.96. The summed E-state index contributed by atoms with van der Waals surface area (Å²) in [5, 5.41) is 3.52. The Morgan fingerprint density at radius 3 is 2.86 bits per heavy atom. The fourth-order valence-corrected chi connectivity index (χ4v) is 3.58. The molecule has 1 N–H and O–H groups in total. The molecule has 114 valence electrons. The first-order chi connectivity index (χ1) is 10.1. The molecule has 0 saturated carbocycles. The average molecular weight is 289 g/mol. The van der Waals surface area contributed by atoms with Crippen LogP contribution in [0.2, 0.25) is 0 Å². The second-order valence-corrected chi connectivity index (χ2v) is 6.45. The predicted octanol–water partition coefficient (Wildman–Crippen LogP) is 3.79. The number of nitrogens with zero attached hydrogens (tertiary/aromatic N) is 2. The van der Waals surface area contributed by atoms with Crippen molar-refractivity contribution in [1.82, 2.24) is 14.9 Å². The van der Waals surface area contributed by atoms with E-state index in [1.54, 1.807) is 12.1 Å². The number of nitrogens with one attached hydrogen (secondary N) is 1. The molecule has 4 heteroatoms. The summed E-state index contributed by atoms with van der Waals surface area (Å²) in [5.41, 5.74) is 1.88. The highest BCUT2D eigenvalue weighted by Crippen LogP contribution is 2.37. The van der Waals surface area contributed by atoms with Crippen molar-refractivity contribution in [3.8, 4) is 0 Å². The topological polar surface area (TPSA) is 29.9 Å². The van der Waals surface area contributed by atoms with Gasteiger partial charge in [0.25, 0.3) is 0 Å². The lowest BCUT2D eigenvalue weighted by Gasteiger charge is -2.37. The lowest BCUT2D eigenvalue weighted by Crippen LogP contribution is -2.44. The monoisotopic (exact) mass is 289 g/mol. The van der Waals surface area contributed by atoms with E-state index in [4.69, 9.17) is 4.98 Å². The third-order valence-corrected chi connectivity index (χ3v) is 4.79. The molecular formula is C17H24FN3. The van der Waals surface area contributed by atoms with Gasteiger partial charge < -0.3 is 9.88 Å². The van der Waals surface area contributed by atoms with E-state index >= 15 is 0 Å². The average Bonchev–Trinajstić information content (AvgIpc) is 2.87. The van der Waals surface area contributed by atoms with E-state index < -0.39 is 0 Å². The van der Waals surface area contributed by atoms with Gasteiger partial charge in [0.15, 0.2) is 0 Å². The highest BCUT2D eigenvalue weighted by atomic mass is 19.1. The molecule has 0 radical (unpaired) electrons. The van der Waals surface area contributed by atoms with Crippen LogP contribution in [0.3, 0.4) is 0 Å². The standard InChI is InChI=1S/C17H24FN3/c1-4-17(8-5-9-19-11-17)16-20-14-7-6-13(18)10-15(14)21(16)12(2)3/h6-7,10,12,19H,4-5,8-9,11H2,1-3H3. The molecule has 0 amide bonds. The maximum atomic E-state index is 13.7. The van der Waals surface area contributed by atoms with Crippen molar-refractivity contribution in [2.24, 2.45) is 0 Å². The van der Waals surface area contributed by atoms with Crippen LogP contribution in [0.4, 0.5) is 4.39 Å². The zero-order valence-electron chi connectivity index (χ0n) is 13.1. The largest absolute Gasteiger partial charge is 0.325 e. The number of aromatic nitrogens is 2. The summed E-state index contributed by atoms with van der Waals surface area (Å²) in [5.74, 6) is 0.927. The van der Waals surface area contributed by atoms with E-state index in [0.717, 1.165) is 42.8 Å². The maximum absolute atomic E-state index is 13.7. The quantitative estimate of drug-likeness (QED) is 0.931. The Balaban J connectivity index is 2.23. The van der Waals surface area contributed by atoms with Crippen LogP contribution < -0.4 is 5.32 Å². The minimum absolute atomic E-state index is 0.0675. The molecule has 1 aliphatic heterocycles. The molecule has 2 aromatic rings. The van der Waals surface area contributed by atoms with Crippen molar-refractivity contribution in [1.29, 1.82) is 0 Å². The van der Waals surface area contributed by atoms with Crippen molar-refractivity contribution in [2.75, 3.05) is 13.1 Å². The Labute approximate surface area is 125 Å². The molecule has 2 heterocycles. The van der Waals surface area contributed by atoms with Crippen LogP contribution in [0.5, 0.6) is 0 Å². The zero-order chi connectivity index (χ0) is 15.0. The third kappa shape index (κ3) is 2.35. The van der Waals surface area contributed by atoms with E-state index in [1.807, 2.05) is 0 Å². The van der Waals surface area contributed by atoms with Crippen LogP contribution in [0.15, 0.2) is 18.2 Å². The van der Waals surface area contributed by atoms with Gasteiger partial charge in [-0.2, -0.15) is 0 Å². The summed E-state index contributed by atoms with van der Waals surface area (Å²) in [6.07, 6.45) is 3.37. The minimum Gasteiger partial charge on any atom is -0.325 e. The summed E-state index contributed by atoms with van der Waals surface area (Å²) in [4.78, 5) is 4.90. The Hall–Kier alpha value is -1.42. The lowest BCUT2D eigenvalue weighted by atomic mass is 9.77. The molecule has 1 aliphatic rings. The second-order valence-electron chi connectivity index (χ2n) is 6.45. The van der Waals surface area contributed by atoms with Gasteiger partial charge in [-0.25, -0.2) is 9.37 Å². The molecular weight excluding hydrogens is 265 g/mol. The summed E-state index contributed by atoms with van der Waals surface area (Å²) in [6.45, 7) is 8.57. The predicted molar refractivity (Wildman–Crippen MR) is 84.1 cm³/mol. The van der Waals surface area contributed by atoms with Gasteiger partial charge in [-0.3, -0.25) is 0 Å². The molecule has 0 spiro atoms. The molecule has 21 heavy (non-hydrogen) atoms. The minimum atomic E-state index is -0.192. The van der Waals surface area contributed by atoms with Gasteiger partial charge in [0.1, 0.15) is 11.6 Å². The highest BCUT2D eigenvalue weighted by Gasteiger charge is 2.37. The molecule has 3 rings (SSSR count). The summed E-state index contributed by atoms with van der Waals surface area (Å²) >= 11 is 0. The summed E-state index contributed by atoms with van der Waals surface area (Å²) in [6, 6.07) is 5.19. The second kappa shape index (κ2) is 5.41. The Morgan fingerprint density at radius 2 is 2.24 bits per heavy atom.